The van der Waals surface area contributed by atoms with E-state index >= 15 is 0 Å². The molecule has 2 aromatic rings. The van der Waals surface area contributed by atoms with Crippen LogP contribution in [0.3, 0.4) is 0 Å². The van der Waals surface area contributed by atoms with Crippen LogP contribution in [0.25, 0.3) is 0 Å². The van der Waals surface area contributed by atoms with Crippen LogP contribution < -0.4 is 10.6 Å². The zero-order chi connectivity index (χ0) is 21.0. The number of halogens is 1. The van der Waals surface area contributed by atoms with Crippen molar-refractivity contribution >= 4 is 43.2 Å². The second kappa shape index (κ2) is 9.25. The van der Waals surface area contributed by atoms with E-state index in [2.05, 4.69) is 26.6 Å². The molecule has 0 aromatic heterocycles. The highest BCUT2D eigenvalue weighted by atomic mass is 79.9. The molecule has 1 aliphatic heterocycles. The summed E-state index contributed by atoms with van der Waals surface area (Å²) in [6.45, 7) is 4.48. The van der Waals surface area contributed by atoms with Crippen LogP contribution in [0.4, 0.5) is 11.4 Å². The smallest absolute Gasteiger partial charge is 0.243 e. The van der Waals surface area contributed by atoms with Gasteiger partial charge in [0.1, 0.15) is 0 Å². The van der Waals surface area contributed by atoms with Crippen LogP contribution >= 0.6 is 15.9 Å². The number of hydrogen-bond donors (Lipinski definition) is 2. The lowest BCUT2D eigenvalue weighted by molar-refractivity contribution is -0.114. The molecule has 0 radical (unpaired) electrons. The summed E-state index contributed by atoms with van der Waals surface area (Å²) in [5.74, 6) is -0.223. The first-order chi connectivity index (χ1) is 13.7. The van der Waals surface area contributed by atoms with Gasteiger partial charge >= 0.3 is 0 Å². The average molecular weight is 482 g/mol. The van der Waals surface area contributed by atoms with Crippen LogP contribution in [-0.4, -0.2) is 50.5 Å². The molecule has 7 nitrogen and oxygen atoms in total. The van der Waals surface area contributed by atoms with Crippen molar-refractivity contribution in [1.82, 2.24) is 4.31 Å². The predicted octanol–water partition coefficient (Wildman–Crippen LogP) is 3.30. The fourth-order valence-electron chi connectivity index (χ4n) is 3.14. The second-order valence-electron chi connectivity index (χ2n) is 7.01. The Balaban J connectivity index is 1.59. The minimum absolute atomic E-state index is 0.102. The van der Waals surface area contributed by atoms with Gasteiger partial charge in [0, 0.05) is 28.9 Å². The van der Waals surface area contributed by atoms with Gasteiger partial charge in [0.2, 0.25) is 15.9 Å². The van der Waals surface area contributed by atoms with E-state index < -0.39 is 10.0 Å². The highest BCUT2D eigenvalue weighted by molar-refractivity contribution is 9.10. The van der Waals surface area contributed by atoms with Crippen molar-refractivity contribution in [3.8, 4) is 0 Å². The normalized spacial score (nSPS) is 20.2. The molecule has 2 N–H and O–H groups in total. The number of morpholine rings is 1. The highest BCUT2D eigenvalue weighted by Crippen LogP contribution is 2.22. The zero-order valence-electron chi connectivity index (χ0n) is 16.3. The Morgan fingerprint density at radius 1 is 1.03 bits per heavy atom. The molecule has 1 heterocycles. The van der Waals surface area contributed by atoms with Crippen LogP contribution in [-0.2, 0) is 19.6 Å². The lowest BCUT2D eigenvalue weighted by Gasteiger charge is -2.34. The Hall–Kier alpha value is -1.94. The average Bonchev–Trinajstić information content (AvgIpc) is 2.67. The lowest BCUT2D eigenvalue weighted by atomic mass is 10.3. The quantitative estimate of drug-likeness (QED) is 0.660. The first kappa shape index (κ1) is 21.8. The Morgan fingerprint density at radius 2 is 1.59 bits per heavy atom. The number of rotatable bonds is 6. The van der Waals surface area contributed by atoms with E-state index in [0.29, 0.717) is 18.8 Å². The SMILES string of the molecule is CC1CN(S(=O)(=O)c2ccc(NC(=O)CNc3ccc(Br)cc3)cc2)CC(C)O1. The molecule has 0 bridgehead atoms. The summed E-state index contributed by atoms with van der Waals surface area (Å²) in [4.78, 5) is 12.3. The molecule has 1 fully saturated rings. The van der Waals surface area contributed by atoms with Crippen molar-refractivity contribution in [2.45, 2.75) is 31.0 Å². The number of benzene rings is 2. The van der Waals surface area contributed by atoms with Gasteiger partial charge in [0.25, 0.3) is 0 Å². The minimum Gasteiger partial charge on any atom is -0.376 e. The number of hydrogen-bond acceptors (Lipinski definition) is 5. The van der Waals surface area contributed by atoms with Crippen molar-refractivity contribution < 1.29 is 17.9 Å². The molecule has 156 valence electrons. The number of carbonyl (C=O) groups is 1. The zero-order valence-corrected chi connectivity index (χ0v) is 18.7. The monoisotopic (exact) mass is 481 g/mol. The van der Waals surface area contributed by atoms with E-state index in [4.69, 9.17) is 4.74 Å². The van der Waals surface area contributed by atoms with Crippen molar-refractivity contribution in [1.29, 1.82) is 0 Å². The van der Waals surface area contributed by atoms with Crippen LogP contribution in [0.15, 0.2) is 57.9 Å². The van der Waals surface area contributed by atoms with Gasteiger partial charge in [-0.3, -0.25) is 4.79 Å². The van der Waals surface area contributed by atoms with E-state index in [1.807, 2.05) is 38.1 Å². The van der Waals surface area contributed by atoms with Gasteiger partial charge in [0.15, 0.2) is 0 Å². The largest absolute Gasteiger partial charge is 0.376 e. The molecular formula is C20H24BrN3O4S. The second-order valence-corrected chi connectivity index (χ2v) is 9.87. The van der Waals surface area contributed by atoms with Gasteiger partial charge in [-0.15, -0.1) is 0 Å². The van der Waals surface area contributed by atoms with Crippen molar-refractivity contribution in [2.75, 3.05) is 30.3 Å². The molecule has 2 aromatic carbocycles. The van der Waals surface area contributed by atoms with Gasteiger partial charge < -0.3 is 15.4 Å². The molecular weight excluding hydrogens is 458 g/mol. The Morgan fingerprint density at radius 3 is 2.17 bits per heavy atom. The highest BCUT2D eigenvalue weighted by Gasteiger charge is 2.32. The molecule has 9 heteroatoms. The molecule has 1 saturated heterocycles. The number of carbonyl (C=O) groups excluding carboxylic acids is 1. The van der Waals surface area contributed by atoms with E-state index in [9.17, 15) is 13.2 Å². The summed E-state index contributed by atoms with van der Waals surface area (Å²) in [6.07, 6.45) is -0.296. The first-order valence-corrected chi connectivity index (χ1v) is 11.5. The molecule has 29 heavy (non-hydrogen) atoms. The van der Waals surface area contributed by atoms with Crippen LogP contribution in [0.1, 0.15) is 13.8 Å². The fraction of sp³-hybridized carbons (Fsp3) is 0.350. The van der Waals surface area contributed by atoms with Gasteiger partial charge in [-0.05, 0) is 62.4 Å². The van der Waals surface area contributed by atoms with Gasteiger partial charge in [0.05, 0.1) is 23.6 Å². The predicted molar refractivity (Wildman–Crippen MR) is 116 cm³/mol. The Kier molecular flexibility index (Phi) is 6.94. The Labute approximate surface area is 179 Å². The molecule has 1 amide bonds. The molecule has 2 atom stereocenters. The van der Waals surface area contributed by atoms with Crippen LogP contribution in [0, 0.1) is 0 Å². The lowest BCUT2D eigenvalue weighted by Crippen LogP contribution is -2.48. The molecule has 1 aliphatic rings. The molecule has 0 aliphatic carbocycles. The third-order valence-electron chi connectivity index (χ3n) is 4.46. The van der Waals surface area contributed by atoms with Crippen molar-refractivity contribution in [3.05, 3.63) is 53.0 Å². The standard InChI is InChI=1S/C20H24BrN3O4S/c1-14-12-24(13-15(2)28-14)29(26,27)19-9-7-18(8-10-19)23-20(25)11-22-17-5-3-16(21)4-6-17/h3-10,14-15,22H,11-13H2,1-2H3,(H,23,25). The summed E-state index contributed by atoms with van der Waals surface area (Å²) in [7, 11) is -3.60. The third-order valence-corrected chi connectivity index (χ3v) is 6.83. The van der Waals surface area contributed by atoms with Gasteiger partial charge in [-0.2, -0.15) is 4.31 Å². The number of ether oxygens (including phenoxy) is 1. The van der Waals surface area contributed by atoms with Crippen LogP contribution in [0.5, 0.6) is 0 Å². The number of sulfonamides is 1. The van der Waals surface area contributed by atoms with E-state index in [1.165, 1.54) is 16.4 Å². The summed E-state index contributed by atoms with van der Waals surface area (Å²) < 4.78 is 33.7. The van der Waals surface area contributed by atoms with Crippen LogP contribution in [0.2, 0.25) is 0 Å². The topological polar surface area (TPSA) is 87.7 Å². The maximum atomic E-state index is 12.9. The van der Waals surface area contributed by atoms with E-state index in [-0.39, 0.29) is 29.6 Å². The van der Waals surface area contributed by atoms with Crippen molar-refractivity contribution in [3.63, 3.8) is 0 Å². The summed E-state index contributed by atoms with van der Waals surface area (Å²) in [6, 6.07) is 13.7. The number of amides is 1. The van der Waals surface area contributed by atoms with E-state index in [1.54, 1.807) is 12.1 Å². The van der Waals surface area contributed by atoms with Gasteiger partial charge in [-0.25, -0.2) is 8.42 Å². The molecule has 3 rings (SSSR count). The van der Waals surface area contributed by atoms with Crippen molar-refractivity contribution in [2.24, 2.45) is 0 Å². The molecule has 2 unspecified atom stereocenters. The summed E-state index contributed by atoms with van der Waals surface area (Å²) >= 11 is 3.36. The molecule has 0 spiro atoms. The maximum Gasteiger partial charge on any atom is 0.243 e. The fourth-order valence-corrected chi connectivity index (χ4v) is 5.00. The minimum atomic E-state index is -3.60. The third kappa shape index (κ3) is 5.79. The maximum absolute atomic E-state index is 12.9. The summed E-state index contributed by atoms with van der Waals surface area (Å²) in [5.41, 5.74) is 1.37. The van der Waals surface area contributed by atoms with Gasteiger partial charge in [-0.1, -0.05) is 15.9 Å². The Bertz CT molecular complexity index is 939. The van der Waals surface area contributed by atoms with E-state index in [0.717, 1.165) is 10.2 Å². The first-order valence-electron chi connectivity index (χ1n) is 9.29. The number of anilines is 2. The number of nitrogens with zero attached hydrogens (tertiary/aromatic N) is 1. The number of nitrogens with one attached hydrogen (secondary N) is 2. The summed E-state index contributed by atoms with van der Waals surface area (Å²) in [5, 5.41) is 5.79. The molecule has 0 saturated carbocycles.